The molecular weight excluding hydrogens is 262 g/mol. The first-order valence-corrected chi connectivity index (χ1v) is 7.07. The fourth-order valence-electron chi connectivity index (χ4n) is 2.76. The van der Waals surface area contributed by atoms with Crippen LogP contribution >= 0.6 is 0 Å². The number of carbonyl (C=O) groups is 1. The summed E-state index contributed by atoms with van der Waals surface area (Å²) in [5.74, 6) is -0.210. The Balaban J connectivity index is 1.83. The second-order valence-corrected chi connectivity index (χ2v) is 5.48. The van der Waals surface area contributed by atoms with Crippen molar-refractivity contribution in [1.29, 1.82) is 0 Å². The van der Waals surface area contributed by atoms with E-state index in [0.29, 0.717) is 5.92 Å². The van der Waals surface area contributed by atoms with Gasteiger partial charge in [0.2, 0.25) is 0 Å². The van der Waals surface area contributed by atoms with Crippen LogP contribution in [0.25, 0.3) is 0 Å². The Kier molecular flexibility index (Phi) is 5.10. The molecule has 0 aromatic heterocycles. The molecule has 2 rings (SSSR count). The van der Waals surface area contributed by atoms with Gasteiger partial charge in [-0.3, -0.25) is 4.79 Å². The SMILES string of the molecule is Cc1ccc([C@H]2CC[C@H](C(=O)OCC(F)F)CC2)cc1. The molecule has 1 fully saturated rings. The molecule has 1 aromatic carbocycles. The van der Waals surface area contributed by atoms with Gasteiger partial charge in [0.25, 0.3) is 6.43 Å². The summed E-state index contributed by atoms with van der Waals surface area (Å²) in [5, 5.41) is 0. The summed E-state index contributed by atoms with van der Waals surface area (Å²) in [6.07, 6.45) is 0.693. The standard InChI is InChI=1S/C16H20F2O2/c1-11-2-4-12(5-3-11)13-6-8-14(9-7-13)16(19)20-10-15(17)18/h2-5,13-15H,6-10H2,1H3/t13-,14-. The lowest BCUT2D eigenvalue weighted by Crippen LogP contribution is -2.24. The molecule has 0 radical (unpaired) electrons. The van der Waals surface area contributed by atoms with E-state index < -0.39 is 19.0 Å². The lowest BCUT2D eigenvalue weighted by atomic mass is 9.78. The molecule has 0 spiro atoms. The first kappa shape index (κ1) is 14.9. The minimum Gasteiger partial charge on any atom is -0.459 e. The lowest BCUT2D eigenvalue weighted by Gasteiger charge is -2.27. The van der Waals surface area contributed by atoms with Gasteiger partial charge in [-0.15, -0.1) is 0 Å². The van der Waals surface area contributed by atoms with Crippen LogP contribution in [0.5, 0.6) is 0 Å². The van der Waals surface area contributed by atoms with Crippen LogP contribution in [0, 0.1) is 12.8 Å². The van der Waals surface area contributed by atoms with Crippen molar-refractivity contribution in [2.24, 2.45) is 5.92 Å². The van der Waals surface area contributed by atoms with E-state index >= 15 is 0 Å². The minimum absolute atomic E-state index is 0.213. The molecule has 1 aromatic rings. The van der Waals surface area contributed by atoms with E-state index in [2.05, 4.69) is 35.9 Å². The monoisotopic (exact) mass is 282 g/mol. The molecule has 2 nitrogen and oxygen atoms in total. The Morgan fingerprint density at radius 1 is 1.20 bits per heavy atom. The molecule has 110 valence electrons. The first-order valence-electron chi connectivity index (χ1n) is 7.07. The number of carbonyl (C=O) groups excluding carboxylic acids is 1. The number of alkyl halides is 2. The average molecular weight is 282 g/mol. The highest BCUT2D eigenvalue weighted by Gasteiger charge is 2.28. The molecule has 0 N–H and O–H groups in total. The van der Waals surface area contributed by atoms with Crippen molar-refractivity contribution in [2.75, 3.05) is 6.61 Å². The molecule has 1 aliphatic rings. The predicted molar refractivity (Wildman–Crippen MR) is 72.8 cm³/mol. The Bertz CT molecular complexity index is 434. The van der Waals surface area contributed by atoms with Crippen molar-refractivity contribution < 1.29 is 18.3 Å². The van der Waals surface area contributed by atoms with Gasteiger partial charge >= 0.3 is 5.97 Å². The Morgan fingerprint density at radius 3 is 2.35 bits per heavy atom. The second kappa shape index (κ2) is 6.82. The van der Waals surface area contributed by atoms with Crippen LogP contribution in [-0.2, 0) is 9.53 Å². The van der Waals surface area contributed by atoms with Crippen molar-refractivity contribution in [1.82, 2.24) is 0 Å². The van der Waals surface area contributed by atoms with E-state index in [1.54, 1.807) is 0 Å². The van der Waals surface area contributed by atoms with Crippen LogP contribution < -0.4 is 0 Å². The summed E-state index contributed by atoms with van der Waals surface area (Å²) >= 11 is 0. The van der Waals surface area contributed by atoms with Crippen molar-refractivity contribution in [3.63, 3.8) is 0 Å². The Labute approximate surface area is 118 Å². The summed E-state index contributed by atoms with van der Waals surface area (Å²) in [6, 6.07) is 8.46. The van der Waals surface area contributed by atoms with Crippen molar-refractivity contribution >= 4 is 5.97 Å². The smallest absolute Gasteiger partial charge is 0.309 e. The summed E-state index contributed by atoms with van der Waals surface area (Å²) < 4.78 is 28.6. The third-order valence-electron chi connectivity index (χ3n) is 3.96. The molecule has 0 bridgehead atoms. The predicted octanol–water partition coefficient (Wildman–Crippen LogP) is 4.08. The van der Waals surface area contributed by atoms with Gasteiger partial charge < -0.3 is 4.74 Å². The van der Waals surface area contributed by atoms with Gasteiger partial charge in [-0.1, -0.05) is 29.8 Å². The van der Waals surface area contributed by atoms with E-state index in [1.807, 2.05) is 0 Å². The van der Waals surface area contributed by atoms with Crippen LogP contribution in [-0.4, -0.2) is 19.0 Å². The van der Waals surface area contributed by atoms with Gasteiger partial charge in [0.05, 0.1) is 5.92 Å². The second-order valence-electron chi connectivity index (χ2n) is 5.48. The molecular formula is C16H20F2O2. The highest BCUT2D eigenvalue weighted by molar-refractivity contribution is 5.72. The van der Waals surface area contributed by atoms with E-state index in [1.165, 1.54) is 11.1 Å². The summed E-state index contributed by atoms with van der Waals surface area (Å²) in [6.45, 7) is 1.27. The number of benzene rings is 1. The third-order valence-corrected chi connectivity index (χ3v) is 3.96. The van der Waals surface area contributed by atoms with Gasteiger partial charge in [0, 0.05) is 0 Å². The molecule has 0 aliphatic heterocycles. The molecule has 0 heterocycles. The maximum Gasteiger partial charge on any atom is 0.309 e. The summed E-state index contributed by atoms with van der Waals surface area (Å²) in [7, 11) is 0. The lowest BCUT2D eigenvalue weighted by molar-refractivity contribution is -0.153. The zero-order chi connectivity index (χ0) is 14.5. The zero-order valence-corrected chi connectivity index (χ0v) is 11.6. The number of aryl methyl sites for hydroxylation is 1. The normalized spacial score (nSPS) is 22.8. The summed E-state index contributed by atoms with van der Waals surface area (Å²) in [4.78, 5) is 11.6. The topological polar surface area (TPSA) is 26.3 Å². The first-order chi connectivity index (χ1) is 9.56. The van der Waals surface area contributed by atoms with Crippen LogP contribution in [0.4, 0.5) is 8.78 Å². The quantitative estimate of drug-likeness (QED) is 0.778. The largest absolute Gasteiger partial charge is 0.459 e. The summed E-state index contributed by atoms with van der Waals surface area (Å²) in [5.41, 5.74) is 2.54. The van der Waals surface area contributed by atoms with Gasteiger partial charge in [-0.25, -0.2) is 8.78 Å². The number of ether oxygens (including phenoxy) is 1. The highest BCUT2D eigenvalue weighted by Crippen LogP contribution is 2.36. The van der Waals surface area contributed by atoms with Crippen LogP contribution in [0.15, 0.2) is 24.3 Å². The highest BCUT2D eigenvalue weighted by atomic mass is 19.3. The maximum absolute atomic E-state index is 12.0. The molecule has 0 amide bonds. The van der Waals surface area contributed by atoms with Crippen molar-refractivity contribution in [3.05, 3.63) is 35.4 Å². The van der Waals surface area contributed by atoms with E-state index in [9.17, 15) is 13.6 Å². The van der Waals surface area contributed by atoms with Gasteiger partial charge in [-0.05, 0) is 44.1 Å². The number of hydrogen-bond donors (Lipinski definition) is 0. The van der Waals surface area contributed by atoms with Crippen LogP contribution in [0.2, 0.25) is 0 Å². The van der Waals surface area contributed by atoms with E-state index in [-0.39, 0.29) is 5.92 Å². The number of esters is 1. The van der Waals surface area contributed by atoms with E-state index in [4.69, 9.17) is 0 Å². The van der Waals surface area contributed by atoms with Crippen LogP contribution in [0.3, 0.4) is 0 Å². The fraction of sp³-hybridized carbons (Fsp3) is 0.562. The minimum atomic E-state index is -2.58. The van der Waals surface area contributed by atoms with Crippen molar-refractivity contribution in [2.45, 2.75) is 45.0 Å². The molecule has 1 aliphatic carbocycles. The van der Waals surface area contributed by atoms with E-state index in [0.717, 1.165) is 25.7 Å². The number of halogens is 2. The molecule has 1 saturated carbocycles. The average Bonchev–Trinajstić information content (AvgIpc) is 2.46. The molecule has 20 heavy (non-hydrogen) atoms. The van der Waals surface area contributed by atoms with Gasteiger partial charge in [0.1, 0.15) is 0 Å². The molecule has 4 heteroatoms. The fourth-order valence-corrected chi connectivity index (χ4v) is 2.76. The number of hydrogen-bond acceptors (Lipinski definition) is 2. The third kappa shape index (κ3) is 4.02. The van der Waals surface area contributed by atoms with Gasteiger partial charge in [-0.2, -0.15) is 0 Å². The maximum atomic E-state index is 12.0. The van der Waals surface area contributed by atoms with Gasteiger partial charge in [0.15, 0.2) is 6.61 Å². The molecule has 0 saturated heterocycles. The molecule has 0 atom stereocenters. The number of rotatable bonds is 4. The van der Waals surface area contributed by atoms with Crippen LogP contribution in [0.1, 0.15) is 42.7 Å². The molecule has 0 unspecified atom stereocenters. The van der Waals surface area contributed by atoms with Crippen molar-refractivity contribution in [3.8, 4) is 0 Å². The Morgan fingerprint density at radius 2 is 1.80 bits per heavy atom. The Hall–Kier alpha value is -1.45. The zero-order valence-electron chi connectivity index (χ0n) is 11.6.